The van der Waals surface area contributed by atoms with E-state index in [0.29, 0.717) is 22.8 Å². The fourth-order valence-electron chi connectivity index (χ4n) is 2.72. The first-order chi connectivity index (χ1) is 12.6. The average molecular weight is 390 g/mol. The van der Waals surface area contributed by atoms with Crippen LogP contribution in [0, 0.1) is 5.82 Å². The van der Waals surface area contributed by atoms with Crippen molar-refractivity contribution in [3.8, 4) is 0 Å². The first-order valence-corrected chi connectivity index (χ1v) is 9.13. The van der Waals surface area contributed by atoms with Crippen molar-refractivity contribution in [3.63, 3.8) is 0 Å². The van der Waals surface area contributed by atoms with Gasteiger partial charge in [0.2, 0.25) is 0 Å². The number of hydrogen-bond donors (Lipinski definition) is 3. The molecule has 0 fully saturated rings. The maximum Gasteiger partial charge on any atom is 0.283 e. The Balaban J connectivity index is 1.51. The molecule has 26 heavy (non-hydrogen) atoms. The molecule has 4 N–H and O–H groups in total. The highest BCUT2D eigenvalue weighted by Gasteiger charge is 2.19. The predicted molar refractivity (Wildman–Crippen MR) is 99.0 cm³/mol. The second-order valence-electron chi connectivity index (χ2n) is 5.83. The Hall–Kier alpha value is -2.32. The molecule has 0 aliphatic rings. The number of aliphatic hydroxyl groups excluding tert-OH is 1. The Morgan fingerprint density at radius 1 is 1.23 bits per heavy atom. The Morgan fingerprint density at radius 2 is 2.04 bits per heavy atom. The molecular formula is C18H15ClFN4OS+. The summed E-state index contributed by atoms with van der Waals surface area (Å²) in [5, 5.41) is 14.8. The van der Waals surface area contributed by atoms with Crippen LogP contribution >= 0.6 is 22.9 Å². The number of pyridine rings is 1. The van der Waals surface area contributed by atoms with Gasteiger partial charge in [-0.25, -0.2) is 9.37 Å². The molecule has 1 atom stereocenters. The lowest BCUT2D eigenvalue weighted by atomic mass is 10.1. The SMILES string of the molecule is OC(c1cnc([NH2+]Cc2ccc(F)cc2)s1)c1c[nH]c2ncc(Cl)cc12. The van der Waals surface area contributed by atoms with Crippen molar-refractivity contribution in [2.24, 2.45) is 0 Å². The highest BCUT2D eigenvalue weighted by molar-refractivity contribution is 7.14. The fourth-order valence-corrected chi connectivity index (χ4v) is 3.74. The van der Waals surface area contributed by atoms with E-state index in [9.17, 15) is 9.50 Å². The average Bonchev–Trinajstić information content (AvgIpc) is 3.27. The van der Waals surface area contributed by atoms with Gasteiger partial charge in [0.25, 0.3) is 5.13 Å². The number of fused-ring (bicyclic) bond motifs is 1. The third kappa shape index (κ3) is 3.47. The fraction of sp³-hybridized carbons (Fsp3) is 0.111. The Kier molecular flexibility index (Phi) is 4.69. The van der Waals surface area contributed by atoms with Crippen LogP contribution in [0.25, 0.3) is 11.0 Å². The topological polar surface area (TPSA) is 78.4 Å². The van der Waals surface area contributed by atoms with Gasteiger partial charge in [-0.05, 0) is 18.2 Å². The maximum absolute atomic E-state index is 12.9. The first kappa shape index (κ1) is 17.1. The quantitative estimate of drug-likeness (QED) is 0.490. The lowest BCUT2D eigenvalue weighted by Crippen LogP contribution is -2.76. The molecule has 0 saturated carbocycles. The second-order valence-corrected chi connectivity index (χ2v) is 7.36. The van der Waals surface area contributed by atoms with Gasteiger partial charge in [0, 0.05) is 28.9 Å². The van der Waals surface area contributed by atoms with E-state index in [1.807, 2.05) is 5.32 Å². The molecule has 0 spiro atoms. The number of nitrogens with zero attached hydrogens (tertiary/aromatic N) is 2. The van der Waals surface area contributed by atoms with E-state index in [1.165, 1.54) is 23.5 Å². The van der Waals surface area contributed by atoms with E-state index in [-0.39, 0.29) is 5.82 Å². The summed E-state index contributed by atoms with van der Waals surface area (Å²) >= 11 is 7.43. The van der Waals surface area contributed by atoms with Crippen LogP contribution in [0.5, 0.6) is 0 Å². The summed E-state index contributed by atoms with van der Waals surface area (Å²) in [6, 6.07) is 8.16. The summed E-state index contributed by atoms with van der Waals surface area (Å²) < 4.78 is 12.9. The van der Waals surface area contributed by atoms with E-state index < -0.39 is 6.10 Å². The molecule has 0 amide bonds. The molecule has 0 bridgehead atoms. The highest BCUT2D eigenvalue weighted by Crippen LogP contribution is 2.32. The number of nitrogens with one attached hydrogen (secondary N) is 1. The van der Waals surface area contributed by atoms with Gasteiger partial charge < -0.3 is 10.1 Å². The van der Waals surface area contributed by atoms with Crippen molar-refractivity contribution in [2.45, 2.75) is 12.6 Å². The van der Waals surface area contributed by atoms with Crippen LogP contribution in [0.4, 0.5) is 9.52 Å². The maximum atomic E-state index is 12.9. The van der Waals surface area contributed by atoms with Crippen molar-refractivity contribution in [1.82, 2.24) is 15.0 Å². The van der Waals surface area contributed by atoms with Crippen LogP contribution in [-0.4, -0.2) is 20.1 Å². The van der Waals surface area contributed by atoms with Gasteiger partial charge in [0.15, 0.2) is 0 Å². The standard InChI is InChI=1S/C18H14ClFN4OS/c19-11-5-13-14(8-22-17(13)21-7-11)16(25)15-9-24-18(26-15)23-6-10-1-3-12(20)4-2-10/h1-5,7-9,16,25H,6H2,(H,21,22)(H,23,24)/p+1. The monoisotopic (exact) mass is 389 g/mol. The van der Waals surface area contributed by atoms with Gasteiger partial charge >= 0.3 is 0 Å². The number of aliphatic hydroxyl groups is 1. The van der Waals surface area contributed by atoms with E-state index in [4.69, 9.17) is 11.6 Å². The molecule has 0 saturated heterocycles. The third-order valence-corrected chi connectivity index (χ3v) is 5.31. The summed E-state index contributed by atoms with van der Waals surface area (Å²) in [5.74, 6) is -0.248. The normalized spacial score (nSPS) is 12.6. The number of aromatic amines is 1. The molecule has 0 aliphatic carbocycles. The minimum atomic E-state index is -0.811. The molecule has 4 aromatic rings. The number of halogens is 2. The minimum Gasteiger partial charge on any atom is -0.383 e. The largest absolute Gasteiger partial charge is 0.383 e. The highest BCUT2D eigenvalue weighted by atomic mass is 35.5. The zero-order valence-corrected chi connectivity index (χ0v) is 15.1. The first-order valence-electron chi connectivity index (χ1n) is 7.94. The Bertz CT molecular complexity index is 1050. The van der Waals surface area contributed by atoms with Crippen LogP contribution < -0.4 is 5.32 Å². The molecule has 1 unspecified atom stereocenters. The summed E-state index contributed by atoms with van der Waals surface area (Å²) in [6.45, 7) is 0.649. The van der Waals surface area contributed by atoms with Gasteiger partial charge in [0.05, 0.1) is 16.1 Å². The van der Waals surface area contributed by atoms with Crippen LogP contribution in [0.2, 0.25) is 5.02 Å². The van der Waals surface area contributed by atoms with Crippen molar-refractivity contribution < 1.29 is 14.8 Å². The molecule has 4 rings (SSSR count). The molecule has 8 heteroatoms. The zero-order valence-electron chi connectivity index (χ0n) is 13.5. The third-order valence-electron chi connectivity index (χ3n) is 4.06. The Morgan fingerprint density at radius 3 is 2.85 bits per heavy atom. The summed E-state index contributed by atoms with van der Waals surface area (Å²) in [7, 11) is 0. The lowest BCUT2D eigenvalue weighted by Gasteiger charge is -2.06. The summed E-state index contributed by atoms with van der Waals surface area (Å²) in [5.41, 5.74) is 2.39. The van der Waals surface area contributed by atoms with E-state index in [1.54, 1.807) is 36.8 Å². The molecule has 3 heterocycles. The Labute approximate surface area is 157 Å². The van der Waals surface area contributed by atoms with Crippen molar-refractivity contribution in [1.29, 1.82) is 0 Å². The van der Waals surface area contributed by atoms with Crippen LogP contribution in [0.1, 0.15) is 22.1 Å². The van der Waals surface area contributed by atoms with Crippen molar-refractivity contribution >= 4 is 39.1 Å². The molecule has 132 valence electrons. The van der Waals surface area contributed by atoms with E-state index in [0.717, 1.165) is 21.0 Å². The van der Waals surface area contributed by atoms with E-state index >= 15 is 0 Å². The van der Waals surface area contributed by atoms with Gasteiger partial charge in [-0.2, -0.15) is 4.98 Å². The lowest BCUT2D eigenvalue weighted by molar-refractivity contribution is -0.588. The molecule has 0 aliphatic heterocycles. The van der Waals surface area contributed by atoms with Crippen molar-refractivity contribution in [3.05, 3.63) is 75.8 Å². The number of H-pyrrole nitrogens is 1. The number of hydrogen-bond acceptors (Lipinski definition) is 4. The van der Waals surface area contributed by atoms with Crippen LogP contribution in [-0.2, 0) is 6.54 Å². The number of quaternary nitrogens is 1. The number of nitrogens with two attached hydrogens (primary N) is 1. The summed E-state index contributed by atoms with van der Waals surface area (Å²) in [4.78, 5) is 12.3. The molecule has 0 radical (unpaired) electrons. The van der Waals surface area contributed by atoms with Gasteiger partial charge in [0.1, 0.15) is 24.1 Å². The molecule has 5 nitrogen and oxygen atoms in total. The van der Waals surface area contributed by atoms with Gasteiger partial charge in [-0.1, -0.05) is 35.1 Å². The molecule has 3 aromatic heterocycles. The predicted octanol–water partition coefficient (Wildman–Crippen LogP) is 3.29. The van der Waals surface area contributed by atoms with Crippen molar-refractivity contribution in [2.75, 3.05) is 0 Å². The number of thiazole rings is 1. The number of benzene rings is 1. The van der Waals surface area contributed by atoms with E-state index in [2.05, 4.69) is 15.0 Å². The summed E-state index contributed by atoms with van der Waals surface area (Å²) in [6.07, 6.45) is 4.16. The number of rotatable bonds is 5. The molecular weight excluding hydrogens is 375 g/mol. The molecule has 1 aromatic carbocycles. The minimum absolute atomic E-state index is 0.248. The number of aromatic nitrogens is 3. The second kappa shape index (κ2) is 7.13. The van der Waals surface area contributed by atoms with Crippen LogP contribution in [0.3, 0.4) is 0 Å². The van der Waals surface area contributed by atoms with Gasteiger partial charge in [-0.15, -0.1) is 0 Å². The van der Waals surface area contributed by atoms with Gasteiger partial charge in [-0.3, -0.25) is 5.32 Å². The smallest absolute Gasteiger partial charge is 0.283 e. The zero-order chi connectivity index (χ0) is 18.1. The van der Waals surface area contributed by atoms with Crippen LogP contribution in [0.15, 0.2) is 48.9 Å².